The lowest BCUT2D eigenvalue weighted by atomic mass is 10.1. The van der Waals surface area contributed by atoms with E-state index >= 15 is 0 Å². The molecule has 116 valence electrons. The molecule has 3 nitrogen and oxygen atoms in total. The number of hydrogen-bond donors (Lipinski definition) is 0. The van der Waals surface area contributed by atoms with Crippen molar-refractivity contribution < 1.29 is 9.48 Å². The highest BCUT2D eigenvalue weighted by Crippen LogP contribution is 2.09. The third-order valence-electron chi connectivity index (χ3n) is 3.57. The van der Waals surface area contributed by atoms with Gasteiger partial charge in [0.2, 0.25) is 0 Å². The zero-order chi connectivity index (χ0) is 15.8. The van der Waals surface area contributed by atoms with Gasteiger partial charge in [-0.25, -0.2) is 4.74 Å². The van der Waals surface area contributed by atoms with Crippen molar-refractivity contribution in [2.24, 2.45) is 5.92 Å². The average molecular weight is 297 g/mol. The molecule has 0 saturated heterocycles. The molecule has 0 aliphatic rings. The highest BCUT2D eigenvalue weighted by Gasteiger charge is 2.21. The summed E-state index contributed by atoms with van der Waals surface area (Å²) in [6.45, 7) is 5.03. The maximum Gasteiger partial charge on any atom is 0.188 e. The van der Waals surface area contributed by atoms with Gasteiger partial charge in [-0.15, -0.1) is 0 Å². The summed E-state index contributed by atoms with van der Waals surface area (Å²) in [4.78, 5) is 0. The molecule has 0 heterocycles. The number of hydroxylamine groups is 1. The van der Waals surface area contributed by atoms with Crippen LogP contribution in [0.1, 0.15) is 25.0 Å². The molecule has 0 bridgehead atoms. The van der Waals surface area contributed by atoms with Crippen molar-refractivity contribution in [2.75, 3.05) is 6.61 Å². The maximum atomic E-state index is 12.4. The van der Waals surface area contributed by atoms with Gasteiger partial charge in [-0.3, -0.25) is 0 Å². The Morgan fingerprint density at radius 3 is 2.18 bits per heavy atom. The van der Waals surface area contributed by atoms with Gasteiger partial charge in [-0.2, -0.15) is 0 Å². The number of nitrogens with zero attached hydrogens (tertiary/aromatic N) is 1. The Labute approximate surface area is 132 Å². The lowest BCUT2D eigenvalue weighted by molar-refractivity contribution is -0.510. The van der Waals surface area contributed by atoms with E-state index in [1.807, 2.05) is 74.5 Å². The lowest BCUT2D eigenvalue weighted by Gasteiger charge is -2.20. The van der Waals surface area contributed by atoms with Crippen LogP contribution in [-0.4, -0.2) is 23.6 Å². The Balaban J connectivity index is 1.96. The first-order valence-electron chi connectivity index (χ1n) is 7.64. The van der Waals surface area contributed by atoms with Crippen molar-refractivity contribution in [1.29, 1.82) is 0 Å². The van der Waals surface area contributed by atoms with Crippen molar-refractivity contribution in [2.45, 2.75) is 26.5 Å². The van der Waals surface area contributed by atoms with Gasteiger partial charge in [-0.05, 0) is 17.7 Å². The summed E-state index contributed by atoms with van der Waals surface area (Å²) >= 11 is 0. The third kappa shape index (κ3) is 5.01. The third-order valence-corrected chi connectivity index (χ3v) is 3.57. The molecule has 0 aliphatic carbocycles. The summed E-state index contributed by atoms with van der Waals surface area (Å²) in [5, 5.41) is 12.4. The largest absolute Gasteiger partial charge is 0.624 e. The normalized spacial score (nSPS) is 13.3. The molecular weight excluding hydrogens is 274 g/mol. The molecule has 0 spiro atoms. The minimum absolute atomic E-state index is 0.191. The molecular formula is C19H23NO2. The van der Waals surface area contributed by atoms with E-state index in [4.69, 9.17) is 4.74 Å². The van der Waals surface area contributed by atoms with Gasteiger partial charge in [0.05, 0.1) is 6.61 Å². The molecule has 2 rings (SSSR count). The minimum Gasteiger partial charge on any atom is -0.624 e. The molecule has 1 atom stereocenters. The number of benzene rings is 2. The van der Waals surface area contributed by atoms with Crippen molar-refractivity contribution in [3.05, 3.63) is 77.0 Å². The van der Waals surface area contributed by atoms with Crippen molar-refractivity contribution in [3.8, 4) is 0 Å². The van der Waals surface area contributed by atoms with Gasteiger partial charge in [0.1, 0.15) is 6.61 Å². The highest BCUT2D eigenvalue weighted by molar-refractivity contribution is 5.75. The molecule has 0 radical (unpaired) electrons. The number of rotatable bonds is 7. The smallest absolute Gasteiger partial charge is 0.188 e. The molecule has 0 fully saturated rings. The number of hydrogen-bond acceptors (Lipinski definition) is 2. The van der Waals surface area contributed by atoms with Crippen LogP contribution in [0.2, 0.25) is 0 Å². The summed E-state index contributed by atoms with van der Waals surface area (Å²) in [5.41, 5.74) is 2.03. The van der Waals surface area contributed by atoms with Crippen LogP contribution in [0, 0.1) is 11.1 Å². The second-order valence-corrected chi connectivity index (χ2v) is 5.71. The number of ether oxygens (including phenoxy) is 1. The predicted molar refractivity (Wildman–Crippen MR) is 90.0 cm³/mol. The highest BCUT2D eigenvalue weighted by atomic mass is 16.5. The fourth-order valence-electron chi connectivity index (χ4n) is 2.21. The van der Waals surface area contributed by atoms with Gasteiger partial charge in [-0.1, -0.05) is 62.4 Å². The van der Waals surface area contributed by atoms with E-state index < -0.39 is 0 Å². The Morgan fingerprint density at radius 2 is 1.59 bits per heavy atom. The lowest BCUT2D eigenvalue weighted by Crippen LogP contribution is -2.33. The topological polar surface area (TPSA) is 35.3 Å². The zero-order valence-corrected chi connectivity index (χ0v) is 13.2. The van der Waals surface area contributed by atoms with E-state index in [0.717, 1.165) is 15.9 Å². The SMILES string of the molecule is CC(C)[C@@H](COCc1ccccc1)/[N+]([O-])=C/c1ccccc1. The molecule has 22 heavy (non-hydrogen) atoms. The molecule has 0 saturated carbocycles. The summed E-state index contributed by atoms with van der Waals surface area (Å²) in [7, 11) is 0. The molecule has 0 amide bonds. The van der Waals surface area contributed by atoms with Crippen molar-refractivity contribution in [1.82, 2.24) is 0 Å². The quantitative estimate of drug-likeness (QED) is 0.337. The van der Waals surface area contributed by atoms with Crippen LogP contribution in [0.4, 0.5) is 0 Å². The van der Waals surface area contributed by atoms with Gasteiger partial charge >= 0.3 is 0 Å². The van der Waals surface area contributed by atoms with Crippen LogP contribution in [0.5, 0.6) is 0 Å². The summed E-state index contributed by atoms with van der Waals surface area (Å²) in [6, 6.07) is 19.5. The minimum atomic E-state index is -0.191. The second kappa shape index (κ2) is 8.35. The summed E-state index contributed by atoms with van der Waals surface area (Å²) < 4.78 is 6.76. The van der Waals surface area contributed by atoms with E-state index in [-0.39, 0.29) is 12.0 Å². The maximum absolute atomic E-state index is 12.4. The molecule has 0 N–H and O–H groups in total. The fraction of sp³-hybridized carbons (Fsp3) is 0.316. The second-order valence-electron chi connectivity index (χ2n) is 5.71. The van der Waals surface area contributed by atoms with Crippen LogP contribution < -0.4 is 0 Å². The van der Waals surface area contributed by atoms with E-state index in [1.165, 1.54) is 0 Å². The van der Waals surface area contributed by atoms with Crippen LogP contribution in [0.15, 0.2) is 60.7 Å². The van der Waals surface area contributed by atoms with E-state index in [2.05, 4.69) is 0 Å². The van der Waals surface area contributed by atoms with Crippen LogP contribution in [0.25, 0.3) is 0 Å². The average Bonchev–Trinajstić information content (AvgIpc) is 2.53. The van der Waals surface area contributed by atoms with Crippen LogP contribution in [-0.2, 0) is 11.3 Å². The zero-order valence-electron chi connectivity index (χ0n) is 13.2. The first-order chi connectivity index (χ1) is 10.7. The Kier molecular flexibility index (Phi) is 6.16. The molecule has 0 aliphatic heterocycles. The monoisotopic (exact) mass is 297 g/mol. The van der Waals surface area contributed by atoms with Crippen LogP contribution >= 0.6 is 0 Å². The Bertz CT molecular complexity index is 579. The van der Waals surface area contributed by atoms with E-state index in [1.54, 1.807) is 6.21 Å². The van der Waals surface area contributed by atoms with Gasteiger partial charge in [0.25, 0.3) is 0 Å². The van der Waals surface area contributed by atoms with E-state index in [0.29, 0.717) is 13.2 Å². The van der Waals surface area contributed by atoms with Gasteiger partial charge in [0.15, 0.2) is 12.3 Å². The van der Waals surface area contributed by atoms with Crippen molar-refractivity contribution in [3.63, 3.8) is 0 Å². The van der Waals surface area contributed by atoms with E-state index in [9.17, 15) is 5.21 Å². The first kappa shape index (κ1) is 16.2. The van der Waals surface area contributed by atoms with Gasteiger partial charge < -0.3 is 9.94 Å². The molecule has 0 aromatic heterocycles. The standard InChI is InChI=1S/C19H23NO2/c1-16(2)19(15-22-14-18-11-7-4-8-12-18)20(21)13-17-9-5-3-6-10-17/h3-13,16,19H,14-15H2,1-2H3/b20-13-/t19-/m1/s1. The molecule has 3 heteroatoms. The predicted octanol–water partition coefficient (Wildman–Crippen LogP) is 3.86. The van der Waals surface area contributed by atoms with Crippen molar-refractivity contribution >= 4 is 6.21 Å². The first-order valence-corrected chi connectivity index (χ1v) is 7.64. The van der Waals surface area contributed by atoms with Gasteiger partial charge in [0, 0.05) is 11.5 Å². The Hall–Kier alpha value is -2.13. The van der Waals surface area contributed by atoms with Crippen LogP contribution in [0.3, 0.4) is 0 Å². The molecule has 2 aromatic rings. The fourth-order valence-corrected chi connectivity index (χ4v) is 2.21. The molecule has 0 unspecified atom stereocenters. The Morgan fingerprint density at radius 1 is 1.00 bits per heavy atom. The summed E-state index contributed by atoms with van der Waals surface area (Å²) in [6.07, 6.45) is 1.64. The molecule has 2 aromatic carbocycles. The summed E-state index contributed by atoms with van der Waals surface area (Å²) in [5.74, 6) is 0.216.